The molecule has 1 heterocycles. The first kappa shape index (κ1) is 10.3. The summed E-state index contributed by atoms with van der Waals surface area (Å²) in [6.45, 7) is 1.60. The number of rotatable bonds is 2. The lowest BCUT2D eigenvalue weighted by Gasteiger charge is -2.20. The molecule has 0 aromatic heterocycles. The molecule has 86 valence electrons. The fraction of sp³-hybridized carbons (Fsp3) is 0.538. The zero-order valence-corrected chi connectivity index (χ0v) is 9.32. The highest BCUT2D eigenvalue weighted by Crippen LogP contribution is 2.22. The molecule has 1 aromatic carbocycles. The standard InChI is InChI=1S/C13H18N2O/c16-13-8-14-7-12(13)15-11-5-9-3-1-2-4-10(9)6-11/h1-4,11-16H,5-8H2/t12-,13-/m1/s1. The third-order valence-corrected chi connectivity index (χ3v) is 3.68. The maximum atomic E-state index is 9.74. The molecule has 1 aliphatic carbocycles. The Labute approximate surface area is 95.9 Å². The first-order chi connectivity index (χ1) is 7.83. The van der Waals surface area contributed by atoms with Crippen molar-refractivity contribution in [1.82, 2.24) is 10.6 Å². The zero-order chi connectivity index (χ0) is 11.0. The van der Waals surface area contributed by atoms with E-state index in [1.807, 2.05) is 0 Å². The molecule has 0 amide bonds. The van der Waals surface area contributed by atoms with Gasteiger partial charge in [0.15, 0.2) is 0 Å². The van der Waals surface area contributed by atoms with Gasteiger partial charge in [-0.25, -0.2) is 0 Å². The van der Waals surface area contributed by atoms with Gasteiger partial charge in [0.1, 0.15) is 0 Å². The van der Waals surface area contributed by atoms with Crippen LogP contribution in [0.1, 0.15) is 11.1 Å². The predicted molar refractivity (Wildman–Crippen MR) is 63.4 cm³/mol. The molecule has 2 aliphatic rings. The molecule has 3 rings (SSSR count). The Morgan fingerprint density at radius 2 is 1.81 bits per heavy atom. The highest BCUT2D eigenvalue weighted by Gasteiger charge is 2.29. The molecule has 1 aromatic rings. The van der Waals surface area contributed by atoms with E-state index in [0.717, 1.165) is 25.9 Å². The molecule has 0 radical (unpaired) electrons. The molecule has 0 saturated carbocycles. The van der Waals surface area contributed by atoms with Crippen LogP contribution in [0.3, 0.4) is 0 Å². The van der Waals surface area contributed by atoms with Gasteiger partial charge in [0.2, 0.25) is 0 Å². The maximum absolute atomic E-state index is 9.74. The minimum absolute atomic E-state index is 0.222. The van der Waals surface area contributed by atoms with Crippen molar-refractivity contribution in [3.63, 3.8) is 0 Å². The van der Waals surface area contributed by atoms with Crippen LogP contribution >= 0.6 is 0 Å². The van der Waals surface area contributed by atoms with Crippen LogP contribution in [0.15, 0.2) is 24.3 Å². The van der Waals surface area contributed by atoms with Crippen molar-refractivity contribution in [2.24, 2.45) is 0 Å². The smallest absolute Gasteiger partial charge is 0.0829 e. The van der Waals surface area contributed by atoms with Gasteiger partial charge in [-0.05, 0) is 24.0 Å². The third-order valence-electron chi connectivity index (χ3n) is 3.68. The molecule has 1 fully saturated rings. The molecule has 1 saturated heterocycles. The third kappa shape index (κ3) is 1.86. The molecule has 3 heteroatoms. The number of aliphatic hydroxyl groups excluding tert-OH is 1. The SMILES string of the molecule is O[C@@H]1CNC[C@H]1NC1Cc2ccccc2C1. The Bertz CT molecular complexity index is 355. The van der Waals surface area contributed by atoms with Crippen LogP contribution in [0, 0.1) is 0 Å². The lowest BCUT2D eigenvalue weighted by Crippen LogP contribution is -2.45. The average molecular weight is 218 g/mol. The number of fused-ring (bicyclic) bond motifs is 1. The zero-order valence-electron chi connectivity index (χ0n) is 9.32. The molecule has 3 N–H and O–H groups in total. The van der Waals surface area contributed by atoms with Crippen molar-refractivity contribution in [3.8, 4) is 0 Å². The molecule has 2 atom stereocenters. The van der Waals surface area contributed by atoms with Crippen LogP contribution in [0.4, 0.5) is 0 Å². The molecular formula is C13H18N2O. The fourth-order valence-corrected chi connectivity index (χ4v) is 2.81. The Morgan fingerprint density at radius 3 is 2.38 bits per heavy atom. The molecular weight excluding hydrogens is 200 g/mol. The second-order valence-electron chi connectivity index (χ2n) is 4.87. The van der Waals surface area contributed by atoms with Gasteiger partial charge in [0.05, 0.1) is 6.10 Å². The summed E-state index contributed by atoms with van der Waals surface area (Å²) in [5.41, 5.74) is 2.92. The van der Waals surface area contributed by atoms with E-state index in [0.29, 0.717) is 6.04 Å². The first-order valence-electron chi connectivity index (χ1n) is 6.04. The average Bonchev–Trinajstić information content (AvgIpc) is 2.85. The summed E-state index contributed by atoms with van der Waals surface area (Å²) in [5, 5.41) is 16.5. The second kappa shape index (κ2) is 4.17. The van der Waals surface area contributed by atoms with Gasteiger partial charge in [0.25, 0.3) is 0 Å². The molecule has 16 heavy (non-hydrogen) atoms. The van der Waals surface area contributed by atoms with Gasteiger partial charge in [0, 0.05) is 25.2 Å². The van der Waals surface area contributed by atoms with Crippen LogP contribution in [0.25, 0.3) is 0 Å². The highest BCUT2D eigenvalue weighted by molar-refractivity contribution is 5.33. The predicted octanol–water partition coefficient (Wildman–Crippen LogP) is 0.0761. The van der Waals surface area contributed by atoms with Crippen LogP contribution in [-0.4, -0.2) is 36.4 Å². The van der Waals surface area contributed by atoms with Crippen molar-refractivity contribution in [2.75, 3.05) is 13.1 Å². The Hall–Kier alpha value is -0.900. The van der Waals surface area contributed by atoms with Crippen LogP contribution in [0.5, 0.6) is 0 Å². The van der Waals surface area contributed by atoms with Crippen molar-refractivity contribution >= 4 is 0 Å². The summed E-state index contributed by atoms with van der Waals surface area (Å²) >= 11 is 0. The highest BCUT2D eigenvalue weighted by atomic mass is 16.3. The minimum atomic E-state index is -0.233. The quantitative estimate of drug-likeness (QED) is 0.658. The van der Waals surface area contributed by atoms with Gasteiger partial charge in [-0.3, -0.25) is 0 Å². The van der Waals surface area contributed by atoms with Crippen molar-refractivity contribution in [2.45, 2.75) is 31.0 Å². The summed E-state index contributed by atoms with van der Waals surface area (Å²) in [5.74, 6) is 0. The monoisotopic (exact) mass is 218 g/mol. The Balaban J connectivity index is 1.63. The molecule has 3 nitrogen and oxygen atoms in total. The second-order valence-corrected chi connectivity index (χ2v) is 4.87. The van der Waals surface area contributed by atoms with Crippen LogP contribution < -0.4 is 10.6 Å². The Morgan fingerprint density at radius 1 is 1.12 bits per heavy atom. The molecule has 1 aliphatic heterocycles. The lowest BCUT2D eigenvalue weighted by molar-refractivity contribution is 0.157. The summed E-state index contributed by atoms with van der Waals surface area (Å²) in [4.78, 5) is 0. The van der Waals surface area contributed by atoms with Crippen LogP contribution in [-0.2, 0) is 12.8 Å². The van der Waals surface area contributed by atoms with Gasteiger partial charge < -0.3 is 15.7 Å². The summed E-state index contributed by atoms with van der Waals surface area (Å²) < 4.78 is 0. The van der Waals surface area contributed by atoms with E-state index in [4.69, 9.17) is 0 Å². The molecule has 0 bridgehead atoms. The number of β-amino-alcohol motifs (C(OH)–C–C–N with tert-alkyl or cyclic N) is 1. The number of nitrogens with one attached hydrogen (secondary N) is 2. The maximum Gasteiger partial charge on any atom is 0.0829 e. The van der Waals surface area contributed by atoms with E-state index >= 15 is 0 Å². The van der Waals surface area contributed by atoms with Crippen molar-refractivity contribution in [1.29, 1.82) is 0 Å². The topological polar surface area (TPSA) is 44.3 Å². The van der Waals surface area contributed by atoms with E-state index < -0.39 is 0 Å². The number of hydrogen-bond donors (Lipinski definition) is 3. The lowest BCUT2D eigenvalue weighted by atomic mass is 10.1. The molecule has 0 spiro atoms. The number of aliphatic hydroxyl groups is 1. The largest absolute Gasteiger partial charge is 0.390 e. The Kier molecular flexibility index (Phi) is 2.67. The van der Waals surface area contributed by atoms with E-state index in [2.05, 4.69) is 34.9 Å². The normalized spacial score (nSPS) is 29.6. The van der Waals surface area contributed by atoms with Crippen molar-refractivity contribution < 1.29 is 5.11 Å². The minimum Gasteiger partial charge on any atom is -0.390 e. The summed E-state index contributed by atoms with van der Waals surface area (Å²) in [6.07, 6.45) is 1.96. The van der Waals surface area contributed by atoms with Gasteiger partial charge >= 0.3 is 0 Å². The van der Waals surface area contributed by atoms with Gasteiger partial charge in [-0.15, -0.1) is 0 Å². The first-order valence-corrected chi connectivity index (χ1v) is 6.04. The van der Waals surface area contributed by atoms with E-state index in [9.17, 15) is 5.11 Å². The summed E-state index contributed by atoms with van der Waals surface area (Å²) in [6, 6.07) is 9.34. The molecule has 0 unspecified atom stereocenters. The van der Waals surface area contributed by atoms with Crippen LogP contribution in [0.2, 0.25) is 0 Å². The number of benzene rings is 1. The summed E-state index contributed by atoms with van der Waals surface area (Å²) in [7, 11) is 0. The van der Waals surface area contributed by atoms with Gasteiger partial charge in [-0.2, -0.15) is 0 Å². The van der Waals surface area contributed by atoms with E-state index in [1.54, 1.807) is 0 Å². The van der Waals surface area contributed by atoms with E-state index in [1.165, 1.54) is 11.1 Å². The number of hydrogen-bond acceptors (Lipinski definition) is 3. The van der Waals surface area contributed by atoms with E-state index in [-0.39, 0.29) is 12.1 Å². The van der Waals surface area contributed by atoms with Gasteiger partial charge in [-0.1, -0.05) is 24.3 Å². The van der Waals surface area contributed by atoms with Crippen molar-refractivity contribution in [3.05, 3.63) is 35.4 Å². The fourth-order valence-electron chi connectivity index (χ4n) is 2.81.